The van der Waals surface area contributed by atoms with Crippen molar-refractivity contribution in [3.8, 4) is 11.1 Å². The van der Waals surface area contributed by atoms with Gasteiger partial charge in [0.2, 0.25) is 5.90 Å². The van der Waals surface area contributed by atoms with Gasteiger partial charge >= 0.3 is 0 Å². The number of aliphatic imine (C=N–C) groups is 1. The van der Waals surface area contributed by atoms with Gasteiger partial charge in [0.15, 0.2) is 0 Å². The van der Waals surface area contributed by atoms with E-state index in [0.29, 0.717) is 18.0 Å². The number of hydrogen-bond donors (Lipinski definition) is 0. The molecule has 3 aromatic carbocycles. The molecule has 1 aliphatic heterocycles. The lowest BCUT2D eigenvalue weighted by Crippen LogP contribution is -2.31. The molecule has 154 valence electrons. The summed E-state index contributed by atoms with van der Waals surface area (Å²) in [6, 6.07) is 20.4. The van der Waals surface area contributed by atoms with Gasteiger partial charge in [-0.25, -0.2) is 18.8 Å². The maximum absolute atomic E-state index is 14.0. The van der Waals surface area contributed by atoms with Crippen LogP contribution in [0.15, 0.2) is 90.4 Å². The minimum atomic E-state index is -0.827. The molecular formula is C24H18F2N4O. The first kappa shape index (κ1) is 19.1. The Morgan fingerprint density at radius 1 is 0.871 bits per heavy atom. The molecule has 1 aromatic heterocycles. The SMILES string of the molecule is Fc1cccc(-c2ccc(C3=NC(Cn4cncn4)(c4cccc(F)c4)CO3)cc2)c1. The summed E-state index contributed by atoms with van der Waals surface area (Å²) < 4.78 is 35.1. The van der Waals surface area contributed by atoms with Crippen LogP contribution in [0.3, 0.4) is 0 Å². The van der Waals surface area contributed by atoms with Gasteiger partial charge in [-0.1, -0.05) is 36.4 Å². The summed E-state index contributed by atoms with van der Waals surface area (Å²) >= 11 is 0. The first-order chi connectivity index (χ1) is 15.1. The molecule has 4 aromatic rings. The molecule has 5 rings (SSSR count). The molecule has 0 radical (unpaired) electrons. The predicted octanol–water partition coefficient (Wildman–Crippen LogP) is 4.60. The number of nitrogens with zero attached hydrogens (tertiary/aromatic N) is 4. The van der Waals surface area contributed by atoms with E-state index in [4.69, 9.17) is 9.73 Å². The predicted molar refractivity (Wildman–Crippen MR) is 112 cm³/mol. The average molecular weight is 416 g/mol. The lowest BCUT2D eigenvalue weighted by Gasteiger charge is -2.24. The van der Waals surface area contributed by atoms with Crippen molar-refractivity contribution >= 4 is 5.90 Å². The van der Waals surface area contributed by atoms with E-state index < -0.39 is 5.54 Å². The van der Waals surface area contributed by atoms with Gasteiger partial charge in [-0.05, 0) is 53.1 Å². The van der Waals surface area contributed by atoms with Crippen LogP contribution in [-0.2, 0) is 16.8 Å². The molecule has 0 N–H and O–H groups in total. The first-order valence-corrected chi connectivity index (χ1v) is 9.79. The van der Waals surface area contributed by atoms with Crippen molar-refractivity contribution in [1.82, 2.24) is 14.8 Å². The largest absolute Gasteiger partial charge is 0.474 e. The second-order valence-corrected chi connectivity index (χ2v) is 7.43. The molecule has 0 saturated carbocycles. The summed E-state index contributed by atoms with van der Waals surface area (Å²) in [6.45, 7) is 0.610. The zero-order valence-electron chi connectivity index (χ0n) is 16.5. The molecule has 0 amide bonds. The van der Waals surface area contributed by atoms with Gasteiger partial charge in [-0.3, -0.25) is 4.68 Å². The highest BCUT2D eigenvalue weighted by atomic mass is 19.1. The number of ether oxygens (including phenoxy) is 1. The summed E-state index contributed by atoms with van der Waals surface area (Å²) in [4.78, 5) is 8.86. The van der Waals surface area contributed by atoms with Crippen LogP contribution in [0.5, 0.6) is 0 Å². The second-order valence-electron chi connectivity index (χ2n) is 7.43. The van der Waals surface area contributed by atoms with E-state index in [9.17, 15) is 8.78 Å². The third-order valence-electron chi connectivity index (χ3n) is 5.31. The molecule has 31 heavy (non-hydrogen) atoms. The summed E-state index contributed by atoms with van der Waals surface area (Å²) in [5, 5.41) is 4.18. The first-order valence-electron chi connectivity index (χ1n) is 9.79. The van der Waals surface area contributed by atoms with Crippen LogP contribution in [0.2, 0.25) is 0 Å². The van der Waals surface area contributed by atoms with Crippen LogP contribution in [0, 0.1) is 11.6 Å². The quantitative estimate of drug-likeness (QED) is 0.478. The fourth-order valence-corrected chi connectivity index (χ4v) is 3.75. The fraction of sp³-hybridized carbons (Fsp3) is 0.125. The van der Waals surface area contributed by atoms with Crippen LogP contribution < -0.4 is 0 Å². The van der Waals surface area contributed by atoms with Gasteiger partial charge in [0, 0.05) is 5.56 Å². The van der Waals surface area contributed by atoms with Crippen LogP contribution in [0.25, 0.3) is 11.1 Å². The minimum Gasteiger partial charge on any atom is -0.474 e. The Balaban J connectivity index is 1.50. The Morgan fingerprint density at radius 3 is 2.32 bits per heavy atom. The van der Waals surface area contributed by atoms with E-state index in [1.807, 2.05) is 36.4 Å². The van der Waals surface area contributed by atoms with Crippen molar-refractivity contribution in [1.29, 1.82) is 0 Å². The van der Waals surface area contributed by atoms with Crippen molar-refractivity contribution in [2.75, 3.05) is 6.61 Å². The topological polar surface area (TPSA) is 52.3 Å². The van der Waals surface area contributed by atoms with E-state index in [-0.39, 0.29) is 18.2 Å². The van der Waals surface area contributed by atoms with Crippen LogP contribution in [-0.4, -0.2) is 27.3 Å². The Kier molecular flexibility index (Phi) is 4.78. The van der Waals surface area contributed by atoms with E-state index in [0.717, 1.165) is 16.7 Å². The second kappa shape index (κ2) is 7.75. The van der Waals surface area contributed by atoms with Gasteiger partial charge in [-0.2, -0.15) is 5.10 Å². The van der Waals surface area contributed by atoms with Crippen molar-refractivity contribution < 1.29 is 13.5 Å². The van der Waals surface area contributed by atoms with Gasteiger partial charge in [0.1, 0.15) is 36.4 Å². The van der Waals surface area contributed by atoms with E-state index >= 15 is 0 Å². The zero-order chi connectivity index (χ0) is 21.3. The molecule has 0 saturated heterocycles. The highest BCUT2D eigenvalue weighted by molar-refractivity contribution is 5.96. The standard InChI is InChI=1S/C24H18F2N4O/c25-21-5-1-3-19(11-21)17-7-9-18(10-8-17)23-29-24(14-31-23,13-30-16-27-15-28-30)20-4-2-6-22(26)12-20/h1-12,15-16H,13-14H2. The van der Waals surface area contributed by atoms with Crippen molar-refractivity contribution in [3.63, 3.8) is 0 Å². The Bertz CT molecular complexity index is 1240. The number of hydrogen-bond acceptors (Lipinski definition) is 4. The van der Waals surface area contributed by atoms with E-state index in [1.165, 1.54) is 30.6 Å². The number of benzene rings is 3. The molecule has 0 bridgehead atoms. The summed E-state index contributed by atoms with van der Waals surface area (Å²) in [7, 11) is 0. The Labute approximate surface area is 177 Å². The van der Waals surface area contributed by atoms with Crippen molar-refractivity contribution in [2.45, 2.75) is 12.1 Å². The Morgan fingerprint density at radius 2 is 1.61 bits per heavy atom. The molecule has 2 heterocycles. The van der Waals surface area contributed by atoms with E-state index in [2.05, 4.69) is 10.1 Å². The van der Waals surface area contributed by atoms with Gasteiger partial charge in [0.25, 0.3) is 0 Å². The third kappa shape index (κ3) is 3.82. The van der Waals surface area contributed by atoms with Crippen LogP contribution in [0.4, 0.5) is 8.78 Å². The average Bonchev–Trinajstić information content (AvgIpc) is 3.45. The van der Waals surface area contributed by atoms with Gasteiger partial charge in [-0.15, -0.1) is 0 Å². The van der Waals surface area contributed by atoms with Crippen molar-refractivity contribution in [2.24, 2.45) is 4.99 Å². The lowest BCUT2D eigenvalue weighted by molar-refractivity contribution is 0.230. The molecule has 0 aliphatic carbocycles. The fourth-order valence-electron chi connectivity index (χ4n) is 3.75. The maximum atomic E-state index is 14.0. The molecule has 5 nitrogen and oxygen atoms in total. The summed E-state index contributed by atoms with van der Waals surface area (Å²) in [5.41, 5.74) is 2.35. The van der Waals surface area contributed by atoms with Crippen molar-refractivity contribution in [3.05, 3.63) is 108 Å². The lowest BCUT2D eigenvalue weighted by atomic mass is 9.91. The smallest absolute Gasteiger partial charge is 0.217 e. The molecule has 1 atom stereocenters. The Hall–Kier alpha value is -3.87. The highest BCUT2D eigenvalue weighted by Gasteiger charge is 2.40. The monoisotopic (exact) mass is 416 g/mol. The molecule has 1 aliphatic rings. The molecule has 0 fully saturated rings. The molecular weight excluding hydrogens is 398 g/mol. The maximum Gasteiger partial charge on any atom is 0.217 e. The van der Waals surface area contributed by atoms with E-state index in [1.54, 1.807) is 23.1 Å². The number of halogens is 2. The number of aromatic nitrogens is 3. The molecule has 0 spiro atoms. The van der Waals surface area contributed by atoms with Crippen LogP contribution in [0.1, 0.15) is 11.1 Å². The summed E-state index contributed by atoms with van der Waals surface area (Å²) in [6.07, 6.45) is 3.05. The highest BCUT2D eigenvalue weighted by Crippen LogP contribution is 2.35. The third-order valence-corrected chi connectivity index (χ3v) is 5.31. The van der Waals surface area contributed by atoms with Gasteiger partial charge < -0.3 is 4.74 Å². The van der Waals surface area contributed by atoms with Crippen LogP contribution >= 0.6 is 0 Å². The minimum absolute atomic E-state index is 0.247. The summed E-state index contributed by atoms with van der Waals surface area (Å²) in [5.74, 6) is -0.146. The molecule has 1 unspecified atom stereocenters. The zero-order valence-corrected chi connectivity index (χ0v) is 16.5. The normalized spacial score (nSPS) is 17.9. The van der Waals surface area contributed by atoms with Gasteiger partial charge in [0.05, 0.1) is 6.54 Å². The number of rotatable bonds is 5. The molecule has 7 heteroatoms.